The molecule has 1 saturated carbocycles. The van der Waals surface area contributed by atoms with Gasteiger partial charge < -0.3 is 14.4 Å². The van der Waals surface area contributed by atoms with Crippen molar-refractivity contribution in [2.45, 2.75) is 64.5 Å². The van der Waals surface area contributed by atoms with Crippen LogP contribution < -0.4 is 0 Å². The lowest BCUT2D eigenvalue weighted by Crippen LogP contribution is -2.46. The lowest BCUT2D eigenvalue weighted by atomic mass is 9.92. The molecule has 0 N–H and O–H groups in total. The quantitative estimate of drug-likeness (QED) is 0.824. The third-order valence-electron chi connectivity index (χ3n) is 6.17. The van der Waals surface area contributed by atoms with Crippen LogP contribution in [0.1, 0.15) is 63.7 Å². The van der Waals surface area contributed by atoms with Gasteiger partial charge in [0.2, 0.25) is 11.8 Å². The highest BCUT2D eigenvalue weighted by Gasteiger charge is 2.37. The summed E-state index contributed by atoms with van der Waals surface area (Å²) in [6, 6.07) is 0.0586. The van der Waals surface area contributed by atoms with Gasteiger partial charge in [-0.25, -0.2) is 0 Å². The van der Waals surface area contributed by atoms with Gasteiger partial charge in [-0.15, -0.1) is 10.2 Å². The highest BCUT2D eigenvalue weighted by Crippen LogP contribution is 2.35. The lowest BCUT2D eigenvalue weighted by Gasteiger charge is -2.39. The van der Waals surface area contributed by atoms with E-state index >= 15 is 0 Å². The first-order valence-electron chi connectivity index (χ1n) is 10.1. The van der Waals surface area contributed by atoms with Crippen molar-refractivity contribution in [1.29, 1.82) is 0 Å². The number of hydrogen-bond acceptors (Lipinski definition) is 4. The summed E-state index contributed by atoms with van der Waals surface area (Å²) >= 11 is 0. The van der Waals surface area contributed by atoms with Crippen LogP contribution >= 0.6 is 0 Å². The summed E-state index contributed by atoms with van der Waals surface area (Å²) in [5.41, 5.74) is 0. The molecule has 0 bridgehead atoms. The number of likely N-dealkylation sites (tertiary alicyclic amines) is 2. The number of carbonyl (C=O) groups excluding carboxylic acids is 2. The van der Waals surface area contributed by atoms with Crippen LogP contribution in [0.25, 0.3) is 0 Å². The van der Waals surface area contributed by atoms with E-state index in [-0.39, 0.29) is 23.8 Å². The number of aromatic nitrogens is 3. The third-order valence-corrected chi connectivity index (χ3v) is 6.17. The molecule has 2 amide bonds. The van der Waals surface area contributed by atoms with Crippen molar-refractivity contribution in [3.8, 4) is 0 Å². The first kappa shape index (κ1) is 17.5. The minimum absolute atomic E-state index is 0.0333. The molecule has 3 aliphatic rings. The van der Waals surface area contributed by atoms with Crippen LogP contribution in [0, 0.1) is 11.8 Å². The molecule has 1 unspecified atom stereocenters. The molecule has 1 aromatic heterocycles. The van der Waals surface area contributed by atoms with Crippen LogP contribution in [0.15, 0.2) is 6.33 Å². The second-order valence-corrected chi connectivity index (χ2v) is 8.11. The second kappa shape index (κ2) is 7.37. The Morgan fingerprint density at radius 1 is 1.08 bits per heavy atom. The SMILES string of the molecule is CC(=O)N1CCC(C(=O)N2CCCCC2c2nncn2CC2CC2)CC1. The molecule has 26 heavy (non-hydrogen) atoms. The number of nitrogens with zero attached hydrogens (tertiary/aromatic N) is 5. The van der Waals surface area contributed by atoms with Crippen molar-refractivity contribution in [1.82, 2.24) is 24.6 Å². The van der Waals surface area contributed by atoms with Crippen LogP contribution in [0.3, 0.4) is 0 Å². The molecule has 2 aliphatic heterocycles. The Kier molecular flexibility index (Phi) is 4.96. The molecule has 0 radical (unpaired) electrons. The van der Waals surface area contributed by atoms with Crippen LogP contribution in [0.2, 0.25) is 0 Å². The Morgan fingerprint density at radius 2 is 1.85 bits per heavy atom. The van der Waals surface area contributed by atoms with Gasteiger partial charge in [0.1, 0.15) is 6.33 Å². The Balaban J connectivity index is 1.46. The Morgan fingerprint density at radius 3 is 2.54 bits per heavy atom. The number of rotatable bonds is 4. The van der Waals surface area contributed by atoms with Crippen molar-refractivity contribution >= 4 is 11.8 Å². The first-order valence-corrected chi connectivity index (χ1v) is 10.1. The van der Waals surface area contributed by atoms with Gasteiger partial charge in [-0.1, -0.05) is 0 Å². The van der Waals surface area contributed by atoms with E-state index in [0.717, 1.165) is 56.9 Å². The number of carbonyl (C=O) groups is 2. The number of piperidine rings is 2. The molecular formula is C19H29N5O2. The highest BCUT2D eigenvalue weighted by molar-refractivity contribution is 5.80. The average Bonchev–Trinajstić information content (AvgIpc) is 3.36. The largest absolute Gasteiger partial charge is 0.343 e. The summed E-state index contributed by atoms with van der Waals surface area (Å²) in [6.45, 7) is 4.80. The first-order chi connectivity index (χ1) is 12.6. The number of amides is 2. The fourth-order valence-corrected chi connectivity index (χ4v) is 4.38. The summed E-state index contributed by atoms with van der Waals surface area (Å²) < 4.78 is 2.17. The van der Waals surface area contributed by atoms with Gasteiger partial charge in [0.25, 0.3) is 0 Å². The second-order valence-electron chi connectivity index (χ2n) is 8.11. The molecule has 1 atom stereocenters. The van der Waals surface area contributed by atoms with Crippen LogP contribution in [-0.2, 0) is 16.1 Å². The maximum Gasteiger partial charge on any atom is 0.226 e. The molecule has 0 spiro atoms. The third kappa shape index (κ3) is 3.62. The van der Waals surface area contributed by atoms with Gasteiger partial charge in [0.05, 0.1) is 6.04 Å². The van der Waals surface area contributed by atoms with E-state index in [0.29, 0.717) is 13.1 Å². The van der Waals surface area contributed by atoms with E-state index in [2.05, 4.69) is 19.7 Å². The molecule has 7 nitrogen and oxygen atoms in total. The zero-order valence-electron chi connectivity index (χ0n) is 15.6. The van der Waals surface area contributed by atoms with Gasteiger partial charge in [0, 0.05) is 39.0 Å². The zero-order chi connectivity index (χ0) is 18.1. The monoisotopic (exact) mass is 359 g/mol. The van der Waals surface area contributed by atoms with Crippen molar-refractivity contribution in [2.75, 3.05) is 19.6 Å². The highest BCUT2D eigenvalue weighted by atomic mass is 16.2. The van der Waals surface area contributed by atoms with Crippen LogP contribution in [-0.4, -0.2) is 56.0 Å². The van der Waals surface area contributed by atoms with Gasteiger partial charge in [-0.2, -0.15) is 0 Å². The average molecular weight is 359 g/mol. The predicted molar refractivity (Wildman–Crippen MR) is 96.0 cm³/mol. The topological polar surface area (TPSA) is 71.3 Å². The minimum Gasteiger partial charge on any atom is -0.343 e. The van der Waals surface area contributed by atoms with Gasteiger partial charge >= 0.3 is 0 Å². The van der Waals surface area contributed by atoms with E-state index in [4.69, 9.17) is 0 Å². The van der Waals surface area contributed by atoms with Gasteiger partial charge in [-0.3, -0.25) is 9.59 Å². The molecule has 1 aromatic rings. The Hall–Kier alpha value is -1.92. The molecule has 3 fully saturated rings. The Labute approximate surface area is 154 Å². The van der Waals surface area contributed by atoms with Crippen LogP contribution in [0.4, 0.5) is 0 Å². The summed E-state index contributed by atoms with van der Waals surface area (Å²) in [5, 5.41) is 8.54. The van der Waals surface area contributed by atoms with Gasteiger partial charge in [0.15, 0.2) is 5.82 Å². The van der Waals surface area contributed by atoms with Crippen molar-refractivity contribution in [3.05, 3.63) is 12.2 Å². The van der Waals surface area contributed by atoms with E-state index < -0.39 is 0 Å². The van der Waals surface area contributed by atoms with Crippen molar-refractivity contribution in [2.24, 2.45) is 11.8 Å². The van der Waals surface area contributed by atoms with E-state index in [9.17, 15) is 9.59 Å². The lowest BCUT2D eigenvalue weighted by molar-refractivity contribution is -0.143. The molecule has 4 rings (SSSR count). The maximum atomic E-state index is 13.2. The van der Waals surface area contributed by atoms with E-state index in [1.807, 2.05) is 11.2 Å². The summed E-state index contributed by atoms with van der Waals surface area (Å²) in [6.07, 6.45) is 9.13. The molecule has 2 saturated heterocycles. The zero-order valence-corrected chi connectivity index (χ0v) is 15.6. The number of hydrogen-bond donors (Lipinski definition) is 0. The summed E-state index contributed by atoms with van der Waals surface area (Å²) in [4.78, 5) is 28.7. The molecule has 3 heterocycles. The molecule has 7 heteroatoms. The molecule has 142 valence electrons. The summed E-state index contributed by atoms with van der Waals surface area (Å²) in [7, 11) is 0. The Bertz CT molecular complexity index is 661. The van der Waals surface area contributed by atoms with Gasteiger partial charge in [-0.05, 0) is 50.9 Å². The molecule has 1 aliphatic carbocycles. The van der Waals surface area contributed by atoms with Crippen molar-refractivity contribution in [3.63, 3.8) is 0 Å². The summed E-state index contributed by atoms with van der Waals surface area (Å²) in [5.74, 6) is 2.12. The smallest absolute Gasteiger partial charge is 0.226 e. The minimum atomic E-state index is 0.0333. The standard InChI is InChI=1S/C19H29N5O2/c1-14(25)22-10-7-16(8-11-22)19(26)24-9-3-2-4-17(24)18-21-20-13-23(18)12-15-5-6-15/h13,15-17H,2-12H2,1H3. The molecular weight excluding hydrogens is 330 g/mol. The van der Waals surface area contributed by atoms with Crippen molar-refractivity contribution < 1.29 is 9.59 Å². The van der Waals surface area contributed by atoms with Crippen LogP contribution in [0.5, 0.6) is 0 Å². The maximum absolute atomic E-state index is 13.2. The fraction of sp³-hybridized carbons (Fsp3) is 0.789. The van der Waals surface area contributed by atoms with E-state index in [1.165, 1.54) is 12.8 Å². The normalized spacial score (nSPS) is 24.7. The predicted octanol–water partition coefficient (Wildman–Crippen LogP) is 2.00. The molecule has 0 aromatic carbocycles. The fourth-order valence-electron chi connectivity index (χ4n) is 4.38. The van der Waals surface area contributed by atoms with E-state index in [1.54, 1.807) is 6.92 Å².